The maximum atomic E-state index is 13.8. The third-order valence-corrected chi connectivity index (χ3v) is 6.97. The van der Waals surface area contributed by atoms with Gasteiger partial charge in [-0.3, -0.25) is 0 Å². The van der Waals surface area contributed by atoms with Gasteiger partial charge in [0.15, 0.2) is 11.6 Å². The minimum Gasteiger partial charge on any atom is -0.497 e. The Morgan fingerprint density at radius 1 is 1.00 bits per heavy atom. The lowest BCUT2D eigenvalue weighted by Gasteiger charge is -2.10. The number of tetrazole rings is 1. The first-order chi connectivity index (χ1) is 17.6. The van der Waals surface area contributed by atoms with Crippen molar-refractivity contribution in [1.82, 2.24) is 20.2 Å². The van der Waals surface area contributed by atoms with Crippen LogP contribution in [0.4, 0.5) is 4.39 Å². The molecule has 2 heterocycles. The van der Waals surface area contributed by atoms with Gasteiger partial charge in [-0.25, -0.2) is 9.07 Å². The normalized spacial score (nSPS) is 11.4. The van der Waals surface area contributed by atoms with Crippen molar-refractivity contribution in [2.75, 3.05) is 7.11 Å². The quantitative estimate of drug-likeness (QED) is 0.222. The molecule has 0 aliphatic heterocycles. The Bertz CT molecular complexity index is 1540. The van der Waals surface area contributed by atoms with Crippen molar-refractivity contribution < 1.29 is 13.9 Å². The fourth-order valence-electron chi connectivity index (χ4n) is 3.98. The van der Waals surface area contributed by atoms with Gasteiger partial charge in [-0.2, -0.15) is 0 Å². The smallest absolute Gasteiger partial charge is 0.174 e. The van der Waals surface area contributed by atoms with Crippen molar-refractivity contribution in [3.05, 3.63) is 83.4 Å². The summed E-state index contributed by atoms with van der Waals surface area (Å²) in [5, 5.41) is 12.8. The lowest BCUT2D eigenvalue weighted by atomic mass is 10.1. The highest BCUT2D eigenvalue weighted by Crippen LogP contribution is 2.48. The summed E-state index contributed by atoms with van der Waals surface area (Å²) < 4.78 is 28.5. The second-order valence-electron chi connectivity index (χ2n) is 8.35. The van der Waals surface area contributed by atoms with Gasteiger partial charge in [0.2, 0.25) is 0 Å². The molecule has 8 heteroatoms. The van der Waals surface area contributed by atoms with Crippen molar-refractivity contribution >= 4 is 33.6 Å². The van der Waals surface area contributed by atoms with Crippen LogP contribution in [0.1, 0.15) is 30.3 Å². The van der Waals surface area contributed by atoms with Crippen LogP contribution in [0, 0.1) is 12.7 Å². The fourth-order valence-corrected chi connectivity index (χ4v) is 5.23. The zero-order valence-corrected chi connectivity index (χ0v) is 21.1. The zero-order chi connectivity index (χ0) is 25.1. The Morgan fingerprint density at radius 2 is 1.81 bits per heavy atom. The van der Waals surface area contributed by atoms with E-state index >= 15 is 0 Å². The molecule has 182 valence electrons. The lowest BCUT2D eigenvalue weighted by molar-refractivity contribution is 0.415. The summed E-state index contributed by atoms with van der Waals surface area (Å²) in [6.07, 6.45) is 4.84. The van der Waals surface area contributed by atoms with Gasteiger partial charge >= 0.3 is 0 Å². The zero-order valence-electron chi connectivity index (χ0n) is 20.2. The van der Waals surface area contributed by atoms with Crippen LogP contribution in [0.5, 0.6) is 17.2 Å². The largest absolute Gasteiger partial charge is 0.497 e. The molecular formula is C28H25FN4O2S. The molecule has 0 saturated heterocycles. The van der Waals surface area contributed by atoms with E-state index in [1.165, 1.54) is 6.07 Å². The average molecular weight is 501 g/mol. The van der Waals surface area contributed by atoms with Crippen molar-refractivity contribution in [1.29, 1.82) is 0 Å². The first-order valence-corrected chi connectivity index (χ1v) is 12.5. The van der Waals surface area contributed by atoms with Crippen molar-refractivity contribution in [3.63, 3.8) is 0 Å². The van der Waals surface area contributed by atoms with E-state index < -0.39 is 0 Å². The minimum atomic E-state index is -0.256. The maximum Gasteiger partial charge on any atom is 0.174 e. The van der Waals surface area contributed by atoms with Crippen LogP contribution in [0.3, 0.4) is 0 Å². The summed E-state index contributed by atoms with van der Waals surface area (Å²) in [6.45, 7) is 4.77. The molecule has 0 amide bonds. The summed E-state index contributed by atoms with van der Waals surface area (Å²) in [5.41, 5.74) is 2.79. The van der Waals surface area contributed by atoms with E-state index in [4.69, 9.17) is 9.47 Å². The molecule has 2 aromatic heterocycles. The van der Waals surface area contributed by atoms with Crippen LogP contribution < -0.4 is 9.47 Å². The van der Waals surface area contributed by atoms with Gasteiger partial charge < -0.3 is 9.47 Å². The van der Waals surface area contributed by atoms with E-state index in [2.05, 4.69) is 22.4 Å². The third-order valence-electron chi connectivity index (χ3n) is 5.80. The molecule has 0 spiro atoms. The number of fused-ring (bicyclic) bond motifs is 1. The summed E-state index contributed by atoms with van der Waals surface area (Å²) in [4.78, 5) is 0.947. The maximum absolute atomic E-state index is 13.8. The minimum absolute atomic E-state index is 0.256. The van der Waals surface area contributed by atoms with Crippen LogP contribution in [-0.2, 0) is 6.54 Å². The van der Waals surface area contributed by atoms with Gasteiger partial charge in [0.05, 0.1) is 12.0 Å². The van der Waals surface area contributed by atoms with Crippen molar-refractivity contribution in [2.24, 2.45) is 0 Å². The monoisotopic (exact) mass is 500 g/mol. The third kappa shape index (κ3) is 4.85. The summed E-state index contributed by atoms with van der Waals surface area (Å²) in [7, 11) is 1.65. The first-order valence-electron chi connectivity index (χ1n) is 11.6. The average Bonchev–Trinajstić information content (AvgIpc) is 3.47. The van der Waals surface area contributed by atoms with Crippen molar-refractivity contribution in [2.45, 2.75) is 26.8 Å². The number of aryl methyl sites for hydroxylation is 2. The molecule has 0 N–H and O–H groups in total. The summed E-state index contributed by atoms with van der Waals surface area (Å²) in [6, 6.07) is 18.6. The second kappa shape index (κ2) is 10.3. The Labute approximate surface area is 212 Å². The Hall–Kier alpha value is -4.04. The molecule has 0 unspecified atom stereocenters. The Morgan fingerprint density at radius 3 is 2.56 bits per heavy atom. The van der Waals surface area contributed by atoms with E-state index in [0.717, 1.165) is 61.9 Å². The highest BCUT2D eigenvalue weighted by Gasteiger charge is 2.19. The predicted octanol–water partition coefficient (Wildman–Crippen LogP) is 7.38. The molecule has 5 aromatic rings. The SMILES string of the molecule is CCCn1nnnc1/C=C/c1ccc(Oc2c(-c3ccc(F)cc3C)sc3cc(OC)ccc23)cc1. The molecule has 0 bridgehead atoms. The number of ether oxygens (including phenoxy) is 2. The van der Waals surface area contributed by atoms with E-state index in [1.807, 2.05) is 61.5 Å². The molecule has 0 aliphatic carbocycles. The first kappa shape index (κ1) is 23.7. The van der Waals surface area contributed by atoms with Crippen LogP contribution >= 0.6 is 11.3 Å². The molecule has 0 saturated carbocycles. The molecule has 36 heavy (non-hydrogen) atoms. The number of thiophene rings is 1. The molecule has 0 radical (unpaired) electrons. The van der Waals surface area contributed by atoms with Crippen LogP contribution in [-0.4, -0.2) is 27.3 Å². The van der Waals surface area contributed by atoms with Gasteiger partial charge in [0.1, 0.15) is 17.3 Å². The molecule has 5 rings (SSSR count). The van der Waals surface area contributed by atoms with E-state index in [9.17, 15) is 4.39 Å². The number of aromatic nitrogens is 4. The standard InChI is InChI=1S/C28H25FN4O2S/c1-4-15-33-26(30-31-32-33)14-7-19-5-9-21(10-6-19)35-27-24-13-11-22(34-3)17-25(24)36-28(27)23-12-8-20(29)16-18(23)2/h5-14,16-17H,4,15H2,1-3H3/b14-7+. The highest BCUT2D eigenvalue weighted by atomic mass is 32.1. The molecule has 6 nitrogen and oxygen atoms in total. The van der Waals surface area contributed by atoms with Crippen LogP contribution in [0.2, 0.25) is 0 Å². The second-order valence-corrected chi connectivity index (χ2v) is 9.40. The summed E-state index contributed by atoms with van der Waals surface area (Å²) in [5.74, 6) is 2.69. The fraction of sp³-hybridized carbons (Fsp3) is 0.179. The van der Waals surface area contributed by atoms with Crippen LogP contribution in [0.25, 0.3) is 32.7 Å². The number of halogens is 1. The molecule has 0 atom stereocenters. The number of nitrogens with zero attached hydrogens (tertiary/aromatic N) is 4. The number of benzene rings is 3. The van der Waals surface area contributed by atoms with Gasteiger partial charge in [0, 0.05) is 16.6 Å². The van der Waals surface area contributed by atoms with Crippen molar-refractivity contribution in [3.8, 4) is 27.7 Å². The topological polar surface area (TPSA) is 62.1 Å². The number of methoxy groups -OCH3 is 1. The molecule has 0 fully saturated rings. The number of rotatable bonds is 8. The van der Waals surface area contributed by atoms with Gasteiger partial charge in [-0.1, -0.05) is 31.2 Å². The summed E-state index contributed by atoms with van der Waals surface area (Å²) >= 11 is 1.60. The number of hydrogen-bond donors (Lipinski definition) is 0. The molecule has 3 aromatic carbocycles. The van der Waals surface area contributed by atoms with E-state index in [-0.39, 0.29) is 5.82 Å². The Kier molecular flexibility index (Phi) is 6.77. The predicted molar refractivity (Wildman–Crippen MR) is 142 cm³/mol. The van der Waals surface area contributed by atoms with Gasteiger partial charge in [-0.15, -0.1) is 16.4 Å². The van der Waals surface area contributed by atoms with Gasteiger partial charge in [0.25, 0.3) is 0 Å². The molecular weight excluding hydrogens is 475 g/mol. The lowest BCUT2D eigenvalue weighted by Crippen LogP contribution is -2.01. The van der Waals surface area contributed by atoms with E-state index in [0.29, 0.717) is 5.75 Å². The van der Waals surface area contributed by atoms with E-state index in [1.54, 1.807) is 35.3 Å². The highest BCUT2D eigenvalue weighted by molar-refractivity contribution is 7.22. The molecule has 0 aliphatic rings. The number of hydrogen-bond acceptors (Lipinski definition) is 6. The Balaban J connectivity index is 1.47. The van der Waals surface area contributed by atoms with Gasteiger partial charge in [-0.05, 0) is 89.0 Å². The van der Waals surface area contributed by atoms with Crippen LogP contribution in [0.15, 0.2) is 60.7 Å².